The van der Waals surface area contributed by atoms with Crippen LogP contribution in [0.4, 0.5) is 0 Å². The highest BCUT2D eigenvalue weighted by molar-refractivity contribution is 5.71. The van der Waals surface area contributed by atoms with Crippen LogP contribution in [-0.4, -0.2) is 11.2 Å². The maximum absolute atomic E-state index is 11.3. The highest BCUT2D eigenvalue weighted by Gasteiger charge is 2.19. The van der Waals surface area contributed by atoms with Crippen molar-refractivity contribution in [1.82, 2.24) is 0 Å². The van der Waals surface area contributed by atoms with Gasteiger partial charge in [-0.25, -0.2) is 4.79 Å². The summed E-state index contributed by atoms with van der Waals surface area (Å²) in [5.41, 5.74) is 0. The lowest BCUT2D eigenvalue weighted by atomic mass is 9.94. The summed E-state index contributed by atoms with van der Waals surface area (Å²) in [6.45, 7) is 6.51. The van der Waals surface area contributed by atoms with Crippen LogP contribution >= 0.6 is 0 Å². The summed E-state index contributed by atoms with van der Waals surface area (Å²) < 4.78 is 0. The molecule has 1 unspecified atom stereocenters. The minimum atomic E-state index is -0.460. The van der Waals surface area contributed by atoms with Crippen molar-refractivity contribution in [1.29, 1.82) is 0 Å². The second kappa shape index (κ2) is 9.64. The Balaban J connectivity index is 3.78. The van der Waals surface area contributed by atoms with Gasteiger partial charge in [-0.3, -0.25) is 0 Å². The molecule has 0 aromatic rings. The fourth-order valence-corrected chi connectivity index (χ4v) is 1.85. The normalized spacial score (nSPS) is 12.8. The third-order valence-electron chi connectivity index (χ3n) is 2.91. The molecule has 16 heavy (non-hydrogen) atoms. The average molecular weight is 230 g/mol. The standard InChI is InChI=1S/C13H26O3/c1-4-5-9-12(13(14)16-15)10-7-6-8-11(2)3/h11-12,15H,4-10H2,1-3H3. The Kier molecular flexibility index (Phi) is 9.30. The first kappa shape index (κ1) is 15.4. The average Bonchev–Trinajstić information content (AvgIpc) is 2.26. The van der Waals surface area contributed by atoms with Crippen molar-refractivity contribution in [2.45, 2.75) is 65.7 Å². The predicted octanol–water partition coefficient (Wildman–Crippen LogP) is 4.03. The van der Waals surface area contributed by atoms with Crippen LogP contribution < -0.4 is 0 Å². The van der Waals surface area contributed by atoms with Crippen molar-refractivity contribution in [3.05, 3.63) is 0 Å². The topological polar surface area (TPSA) is 46.5 Å². The summed E-state index contributed by atoms with van der Waals surface area (Å²) in [4.78, 5) is 15.1. The molecular formula is C13H26O3. The summed E-state index contributed by atoms with van der Waals surface area (Å²) in [6, 6.07) is 0. The quantitative estimate of drug-likeness (QED) is 0.369. The molecule has 0 aromatic carbocycles. The SMILES string of the molecule is CCCCC(CCCCC(C)C)C(=O)OO. The highest BCUT2D eigenvalue weighted by Crippen LogP contribution is 2.19. The Morgan fingerprint density at radius 2 is 1.69 bits per heavy atom. The molecule has 0 aliphatic rings. The van der Waals surface area contributed by atoms with Gasteiger partial charge in [0.05, 0.1) is 5.92 Å². The van der Waals surface area contributed by atoms with Crippen molar-refractivity contribution >= 4 is 5.97 Å². The third-order valence-corrected chi connectivity index (χ3v) is 2.91. The van der Waals surface area contributed by atoms with Crippen LogP contribution in [0.1, 0.15) is 65.7 Å². The molecule has 0 saturated heterocycles. The molecule has 96 valence electrons. The van der Waals surface area contributed by atoms with Crippen LogP contribution in [0.3, 0.4) is 0 Å². The Morgan fingerprint density at radius 3 is 2.19 bits per heavy atom. The van der Waals surface area contributed by atoms with E-state index in [0.717, 1.165) is 44.4 Å². The van der Waals surface area contributed by atoms with Crippen molar-refractivity contribution in [3.8, 4) is 0 Å². The van der Waals surface area contributed by atoms with Gasteiger partial charge in [-0.1, -0.05) is 52.9 Å². The van der Waals surface area contributed by atoms with E-state index in [0.29, 0.717) is 0 Å². The summed E-state index contributed by atoms with van der Waals surface area (Å²) in [7, 11) is 0. The summed E-state index contributed by atoms with van der Waals surface area (Å²) in [6.07, 6.45) is 7.16. The summed E-state index contributed by atoms with van der Waals surface area (Å²) in [5, 5.41) is 8.40. The first-order valence-corrected chi connectivity index (χ1v) is 6.47. The lowest BCUT2D eigenvalue weighted by molar-refractivity contribution is -0.239. The molecule has 0 bridgehead atoms. The Labute approximate surface area is 99.1 Å². The number of hydrogen-bond donors (Lipinski definition) is 1. The first-order chi connectivity index (χ1) is 7.61. The third kappa shape index (κ3) is 7.69. The van der Waals surface area contributed by atoms with E-state index in [-0.39, 0.29) is 5.92 Å². The second-order valence-corrected chi connectivity index (χ2v) is 4.93. The van der Waals surface area contributed by atoms with E-state index in [9.17, 15) is 4.79 Å². The Hall–Kier alpha value is -0.570. The Morgan fingerprint density at radius 1 is 1.12 bits per heavy atom. The van der Waals surface area contributed by atoms with Crippen LogP contribution in [0, 0.1) is 11.8 Å². The van der Waals surface area contributed by atoms with E-state index in [2.05, 4.69) is 25.7 Å². The second-order valence-electron chi connectivity index (χ2n) is 4.93. The van der Waals surface area contributed by atoms with E-state index >= 15 is 0 Å². The van der Waals surface area contributed by atoms with Gasteiger partial charge in [0.25, 0.3) is 0 Å². The Bertz CT molecular complexity index is 178. The fraction of sp³-hybridized carbons (Fsp3) is 0.923. The molecule has 0 radical (unpaired) electrons. The molecule has 0 saturated carbocycles. The molecule has 0 aromatic heterocycles. The molecule has 1 N–H and O–H groups in total. The van der Waals surface area contributed by atoms with E-state index < -0.39 is 5.97 Å². The lowest BCUT2D eigenvalue weighted by Gasteiger charge is -2.13. The van der Waals surface area contributed by atoms with Crippen LogP contribution in [0.25, 0.3) is 0 Å². The van der Waals surface area contributed by atoms with Crippen LogP contribution in [-0.2, 0) is 9.68 Å². The number of carbonyl (C=O) groups excluding carboxylic acids is 1. The number of rotatable bonds is 9. The van der Waals surface area contributed by atoms with E-state index in [1.807, 2.05) is 0 Å². The number of unbranched alkanes of at least 4 members (excludes halogenated alkanes) is 2. The van der Waals surface area contributed by atoms with Gasteiger partial charge in [0, 0.05) is 0 Å². The molecule has 0 rings (SSSR count). The predicted molar refractivity (Wildman–Crippen MR) is 65.0 cm³/mol. The van der Waals surface area contributed by atoms with Gasteiger partial charge in [-0.2, -0.15) is 5.26 Å². The van der Waals surface area contributed by atoms with Gasteiger partial charge < -0.3 is 4.89 Å². The van der Waals surface area contributed by atoms with Gasteiger partial charge in [-0.05, 0) is 18.8 Å². The summed E-state index contributed by atoms with van der Waals surface area (Å²) in [5.74, 6) is 0.147. The molecule has 0 heterocycles. The molecule has 0 amide bonds. The largest absolute Gasteiger partial charge is 0.345 e. The molecule has 0 aliphatic carbocycles. The van der Waals surface area contributed by atoms with Gasteiger partial charge in [0.2, 0.25) is 0 Å². The van der Waals surface area contributed by atoms with Crippen molar-refractivity contribution in [2.24, 2.45) is 11.8 Å². The number of carbonyl (C=O) groups is 1. The van der Waals surface area contributed by atoms with Crippen LogP contribution in [0.2, 0.25) is 0 Å². The zero-order chi connectivity index (χ0) is 12.4. The highest BCUT2D eigenvalue weighted by atomic mass is 17.1. The summed E-state index contributed by atoms with van der Waals surface area (Å²) >= 11 is 0. The van der Waals surface area contributed by atoms with Crippen LogP contribution in [0.15, 0.2) is 0 Å². The molecule has 0 aliphatic heterocycles. The number of hydrogen-bond acceptors (Lipinski definition) is 3. The van der Waals surface area contributed by atoms with E-state index in [1.54, 1.807) is 0 Å². The van der Waals surface area contributed by atoms with Crippen molar-refractivity contribution in [2.75, 3.05) is 0 Å². The van der Waals surface area contributed by atoms with Gasteiger partial charge in [0.15, 0.2) is 0 Å². The van der Waals surface area contributed by atoms with Crippen molar-refractivity contribution < 1.29 is 14.9 Å². The fourth-order valence-electron chi connectivity index (χ4n) is 1.85. The van der Waals surface area contributed by atoms with Crippen LogP contribution in [0.5, 0.6) is 0 Å². The molecule has 0 spiro atoms. The minimum Gasteiger partial charge on any atom is -0.301 e. The molecule has 3 nitrogen and oxygen atoms in total. The molecule has 1 atom stereocenters. The van der Waals surface area contributed by atoms with E-state index in [4.69, 9.17) is 5.26 Å². The van der Waals surface area contributed by atoms with E-state index in [1.165, 1.54) is 6.42 Å². The smallest absolute Gasteiger partial charge is 0.301 e. The maximum Gasteiger partial charge on any atom is 0.345 e. The van der Waals surface area contributed by atoms with Gasteiger partial charge in [-0.15, -0.1) is 0 Å². The molecule has 0 fully saturated rings. The van der Waals surface area contributed by atoms with Gasteiger partial charge in [0.1, 0.15) is 0 Å². The van der Waals surface area contributed by atoms with Crippen molar-refractivity contribution in [3.63, 3.8) is 0 Å². The van der Waals surface area contributed by atoms with Gasteiger partial charge >= 0.3 is 5.97 Å². The monoisotopic (exact) mass is 230 g/mol. The molecule has 3 heteroatoms. The zero-order valence-electron chi connectivity index (χ0n) is 10.9. The minimum absolute atomic E-state index is 0.114. The zero-order valence-corrected chi connectivity index (χ0v) is 10.9. The first-order valence-electron chi connectivity index (χ1n) is 6.47. The maximum atomic E-state index is 11.3. The lowest BCUT2D eigenvalue weighted by Crippen LogP contribution is -2.16. The molecular weight excluding hydrogens is 204 g/mol.